The second-order valence-electron chi connectivity index (χ2n) is 24.3. The molecule has 0 unspecified atom stereocenters. The van der Waals surface area contributed by atoms with E-state index in [0.717, 1.165) is 45.6 Å². The summed E-state index contributed by atoms with van der Waals surface area (Å²) in [7, 11) is 2.45. The number of fused-ring (bicyclic) bond motifs is 10. The molecule has 0 amide bonds. The molecule has 0 saturated heterocycles. The number of aromatic nitrogens is 1. The highest BCUT2D eigenvalue weighted by Gasteiger charge is 2.43. The predicted octanol–water partition coefficient (Wildman–Crippen LogP) is 17.1. The summed E-state index contributed by atoms with van der Waals surface area (Å²) in [5, 5.41) is 7.68. The first kappa shape index (κ1) is 44.9. The minimum atomic E-state index is -0.197. The smallest absolute Gasteiger partial charge is 0.198 e. The van der Waals surface area contributed by atoms with Crippen molar-refractivity contribution in [3.8, 4) is 50.4 Å². The molecule has 4 heteroatoms. The Morgan fingerprint density at radius 1 is 0.611 bits per heavy atom. The number of benzene rings is 8. The zero-order chi connectivity index (χ0) is 49.8. The average Bonchev–Trinajstić information content (AvgIpc) is 3.99. The molecule has 3 nitrogen and oxygen atoms in total. The van der Waals surface area contributed by atoms with Crippen molar-refractivity contribution in [1.82, 2.24) is 4.57 Å². The highest BCUT2D eigenvalue weighted by atomic mass is 16.3. The lowest BCUT2D eigenvalue weighted by Crippen LogP contribution is -2.37. The molecular formula is C68H64BN2O. The molecule has 1 radical (unpaired) electrons. The normalized spacial score (nSPS) is 15.8. The average molecular weight is 936 g/mol. The van der Waals surface area contributed by atoms with Gasteiger partial charge in [-0.05, 0) is 175 Å². The van der Waals surface area contributed by atoms with Crippen molar-refractivity contribution in [3.05, 3.63) is 185 Å². The third-order valence-electron chi connectivity index (χ3n) is 17.4. The molecular weight excluding hydrogens is 872 g/mol. The van der Waals surface area contributed by atoms with Crippen molar-refractivity contribution in [2.75, 3.05) is 5.32 Å². The van der Waals surface area contributed by atoms with Crippen LogP contribution in [0.2, 0.25) is 0 Å². The lowest BCUT2D eigenvalue weighted by molar-refractivity contribution is 0.331. The summed E-state index contributed by atoms with van der Waals surface area (Å²) in [5.74, 6) is 0.878. The topological polar surface area (TPSA) is 30.1 Å². The van der Waals surface area contributed by atoms with Gasteiger partial charge in [0.15, 0.2) is 7.28 Å². The number of furan rings is 1. The molecule has 13 rings (SSSR count). The third-order valence-corrected chi connectivity index (χ3v) is 17.4. The van der Waals surface area contributed by atoms with Gasteiger partial charge in [0, 0.05) is 55.3 Å². The van der Waals surface area contributed by atoms with E-state index in [2.05, 4.69) is 239 Å². The molecule has 3 aliphatic rings. The Morgan fingerprint density at radius 3 is 2.04 bits per heavy atom. The molecule has 2 aromatic heterocycles. The summed E-state index contributed by atoms with van der Waals surface area (Å²) in [6.07, 6.45) is 3.35. The van der Waals surface area contributed by atoms with Crippen LogP contribution in [-0.4, -0.2) is 11.8 Å². The Bertz CT molecular complexity index is 3910. The van der Waals surface area contributed by atoms with Crippen LogP contribution in [0.15, 0.2) is 150 Å². The van der Waals surface area contributed by atoms with Crippen LogP contribution in [-0.2, 0) is 28.1 Å². The summed E-state index contributed by atoms with van der Waals surface area (Å²) in [4.78, 5) is 0. The first-order valence-corrected chi connectivity index (χ1v) is 26.3. The van der Waals surface area contributed by atoms with Crippen LogP contribution in [0.3, 0.4) is 0 Å². The Hall–Kier alpha value is -7.04. The maximum Gasteiger partial charge on any atom is 0.198 e. The molecule has 2 aliphatic carbocycles. The van der Waals surface area contributed by atoms with E-state index in [4.69, 9.17) is 4.42 Å². The van der Waals surface area contributed by atoms with E-state index >= 15 is 0 Å². The van der Waals surface area contributed by atoms with Crippen molar-refractivity contribution in [2.24, 2.45) is 0 Å². The first-order valence-electron chi connectivity index (χ1n) is 26.3. The fourth-order valence-electron chi connectivity index (χ4n) is 13.0. The molecule has 10 aromatic rings. The van der Waals surface area contributed by atoms with E-state index in [1.807, 2.05) is 0 Å². The fraction of sp³-hybridized carbons (Fsp3) is 0.265. The van der Waals surface area contributed by atoms with Gasteiger partial charge in [-0.2, -0.15) is 0 Å². The van der Waals surface area contributed by atoms with E-state index in [0.29, 0.717) is 0 Å². The number of nitrogens with zero attached hydrogens (tertiary/aromatic N) is 1. The minimum Gasteiger partial charge on any atom is -0.456 e. The molecule has 8 aromatic carbocycles. The summed E-state index contributed by atoms with van der Waals surface area (Å²) in [5.41, 5.74) is 27.7. The van der Waals surface area contributed by atoms with E-state index in [-0.39, 0.29) is 21.7 Å². The number of rotatable bonds is 6. The maximum absolute atomic E-state index is 6.73. The summed E-state index contributed by atoms with van der Waals surface area (Å²) < 4.78 is 9.30. The quantitative estimate of drug-likeness (QED) is 0.168. The molecule has 0 atom stereocenters. The van der Waals surface area contributed by atoms with Crippen molar-refractivity contribution < 1.29 is 4.42 Å². The van der Waals surface area contributed by atoms with Gasteiger partial charge in [-0.15, -0.1) is 0 Å². The van der Waals surface area contributed by atoms with Gasteiger partial charge in [0.25, 0.3) is 0 Å². The van der Waals surface area contributed by atoms with Gasteiger partial charge in [-0.3, -0.25) is 0 Å². The van der Waals surface area contributed by atoms with Gasteiger partial charge in [-0.25, -0.2) is 0 Å². The summed E-state index contributed by atoms with van der Waals surface area (Å²) >= 11 is 0. The zero-order valence-corrected chi connectivity index (χ0v) is 43.9. The first-order chi connectivity index (χ1) is 34.4. The number of hydrogen-bond acceptors (Lipinski definition) is 2. The molecule has 3 heterocycles. The SMILES string of the molecule is CCc1ccccc1-c1cc2c(cc1C)c1ccc(-c3cc4c(cc3Nc3ccc(C(C)(C)C)cc3)C(C)(C)c3cc5c(cc3-4)C(C)(C)CCC5(C)C)c3c1n2-c1cc2cc(-c4ccccc4)oc2cc1[B]3. The van der Waals surface area contributed by atoms with Crippen LogP contribution >= 0.6 is 0 Å². The Kier molecular flexibility index (Phi) is 9.65. The Morgan fingerprint density at radius 2 is 1.31 bits per heavy atom. The molecule has 0 saturated carbocycles. The van der Waals surface area contributed by atoms with Crippen LogP contribution in [0.1, 0.15) is 121 Å². The number of aryl methyl sites for hydroxylation is 2. The van der Waals surface area contributed by atoms with E-state index < -0.39 is 0 Å². The van der Waals surface area contributed by atoms with Crippen LogP contribution in [0, 0.1) is 6.92 Å². The molecule has 0 fully saturated rings. The van der Waals surface area contributed by atoms with Gasteiger partial charge in [-0.1, -0.05) is 160 Å². The second kappa shape index (κ2) is 15.5. The molecule has 0 bridgehead atoms. The van der Waals surface area contributed by atoms with Crippen LogP contribution in [0.25, 0.3) is 83.2 Å². The van der Waals surface area contributed by atoms with Crippen molar-refractivity contribution in [1.29, 1.82) is 0 Å². The van der Waals surface area contributed by atoms with Gasteiger partial charge in [0.2, 0.25) is 0 Å². The minimum absolute atomic E-state index is 0.0566. The van der Waals surface area contributed by atoms with Gasteiger partial charge >= 0.3 is 0 Å². The van der Waals surface area contributed by atoms with Crippen LogP contribution in [0.4, 0.5) is 11.4 Å². The fourth-order valence-corrected chi connectivity index (χ4v) is 13.0. The van der Waals surface area contributed by atoms with Crippen molar-refractivity contribution in [2.45, 2.75) is 117 Å². The third kappa shape index (κ3) is 6.70. The largest absolute Gasteiger partial charge is 0.456 e. The molecule has 0 spiro atoms. The van der Waals surface area contributed by atoms with E-state index in [1.54, 1.807) is 0 Å². The molecule has 1 aliphatic heterocycles. The number of hydrogen-bond donors (Lipinski definition) is 1. The Labute approximate surface area is 426 Å². The molecule has 72 heavy (non-hydrogen) atoms. The standard InChI is InChI=1S/C68H64BN2O/c1-12-40-18-16-17-21-45(40)48-35-59-52(30-39(48)2)47-27-26-46(63-64(47)71(59)60-31-42-32-61(41-19-14-13-15-20-41)72-62(42)38-57(60)69-63)51-33-49-50-34-55-56(67(8,9)29-28-66(55,6)7)36-53(50)68(10,11)54(49)37-58(51)70-44-24-22-43(23-25-44)65(3,4)5/h13-27,30-38,70H,12,28-29H2,1-11H3. The van der Waals surface area contributed by atoms with Crippen molar-refractivity contribution >= 4 is 62.4 Å². The second-order valence-corrected chi connectivity index (χ2v) is 24.3. The lowest BCUT2D eigenvalue weighted by Gasteiger charge is -2.42. The van der Waals surface area contributed by atoms with Gasteiger partial charge < -0.3 is 14.3 Å². The van der Waals surface area contributed by atoms with E-state index in [9.17, 15) is 0 Å². The monoisotopic (exact) mass is 936 g/mol. The van der Waals surface area contributed by atoms with E-state index in [1.165, 1.54) is 118 Å². The maximum atomic E-state index is 6.73. The zero-order valence-electron chi connectivity index (χ0n) is 43.9. The number of nitrogens with one attached hydrogen (secondary N) is 1. The highest BCUT2D eigenvalue weighted by molar-refractivity contribution is 6.73. The summed E-state index contributed by atoms with van der Waals surface area (Å²) in [6.45, 7) is 26.1. The Balaban J connectivity index is 1.09. The summed E-state index contributed by atoms with van der Waals surface area (Å²) in [6, 6.07) is 55.3. The highest BCUT2D eigenvalue weighted by Crippen LogP contribution is 2.56. The molecule has 355 valence electrons. The lowest BCUT2D eigenvalue weighted by atomic mass is 9.59. The van der Waals surface area contributed by atoms with Crippen LogP contribution < -0.4 is 16.2 Å². The van der Waals surface area contributed by atoms with Crippen molar-refractivity contribution in [3.63, 3.8) is 0 Å². The predicted molar refractivity (Wildman–Crippen MR) is 307 cm³/mol. The van der Waals surface area contributed by atoms with Gasteiger partial charge in [0.05, 0.1) is 5.52 Å². The van der Waals surface area contributed by atoms with Gasteiger partial charge in [0.1, 0.15) is 11.3 Å². The van der Waals surface area contributed by atoms with Crippen LogP contribution in [0.5, 0.6) is 0 Å². The number of anilines is 2. The molecule has 1 N–H and O–H groups in total.